The van der Waals surface area contributed by atoms with Gasteiger partial charge in [0.15, 0.2) is 5.75 Å². The minimum atomic E-state index is -0.724. The Kier molecular flexibility index (Phi) is 4.29. The standard InChI is InChI=1S/C13H8BrF2NO3/c14-11-5-9(15)2-1-8(11)7-20-13-4-3-10(16)6-12(13)17(18)19/h1-6H,7H2. The van der Waals surface area contributed by atoms with Crippen LogP contribution in [0, 0.1) is 21.7 Å². The second kappa shape index (κ2) is 5.96. The molecule has 0 aliphatic rings. The van der Waals surface area contributed by atoms with Crippen LogP contribution >= 0.6 is 15.9 Å². The molecule has 0 aliphatic heterocycles. The van der Waals surface area contributed by atoms with Crippen LogP contribution in [0.5, 0.6) is 5.75 Å². The average molecular weight is 344 g/mol. The highest BCUT2D eigenvalue weighted by Gasteiger charge is 2.16. The average Bonchev–Trinajstić information content (AvgIpc) is 2.38. The van der Waals surface area contributed by atoms with Gasteiger partial charge in [-0.1, -0.05) is 22.0 Å². The van der Waals surface area contributed by atoms with Crippen molar-refractivity contribution in [1.29, 1.82) is 0 Å². The number of hydrogen-bond acceptors (Lipinski definition) is 3. The fourth-order valence-corrected chi connectivity index (χ4v) is 2.01. The summed E-state index contributed by atoms with van der Waals surface area (Å²) in [6.45, 7) is -0.00661. The molecule has 0 N–H and O–H groups in total. The topological polar surface area (TPSA) is 52.4 Å². The molecule has 0 aromatic heterocycles. The summed E-state index contributed by atoms with van der Waals surface area (Å²) in [5, 5.41) is 10.8. The summed E-state index contributed by atoms with van der Waals surface area (Å²) in [5.41, 5.74) is 0.160. The minimum Gasteiger partial charge on any atom is -0.482 e. The van der Waals surface area contributed by atoms with E-state index in [9.17, 15) is 18.9 Å². The van der Waals surface area contributed by atoms with Crippen LogP contribution in [-0.4, -0.2) is 4.92 Å². The van der Waals surface area contributed by atoms with Crippen LogP contribution in [0.4, 0.5) is 14.5 Å². The van der Waals surface area contributed by atoms with E-state index in [1.807, 2.05) is 0 Å². The molecule has 0 saturated heterocycles. The fraction of sp³-hybridized carbons (Fsp3) is 0.0769. The van der Waals surface area contributed by atoms with Crippen LogP contribution in [-0.2, 0) is 6.61 Å². The first-order valence-corrected chi connectivity index (χ1v) is 6.27. The van der Waals surface area contributed by atoms with Crippen molar-refractivity contribution < 1.29 is 18.4 Å². The summed E-state index contributed by atoms with van der Waals surface area (Å²) in [4.78, 5) is 10.1. The molecule has 2 aromatic carbocycles. The third-order valence-corrected chi connectivity index (χ3v) is 3.25. The Bertz CT molecular complexity index is 664. The molecule has 2 rings (SSSR count). The molecule has 0 spiro atoms. The summed E-state index contributed by atoms with van der Waals surface area (Å²) >= 11 is 3.17. The molecule has 0 radical (unpaired) electrons. The third-order valence-electron chi connectivity index (χ3n) is 2.52. The molecule has 0 saturated carbocycles. The van der Waals surface area contributed by atoms with E-state index >= 15 is 0 Å². The highest BCUT2D eigenvalue weighted by atomic mass is 79.9. The molecule has 104 valence electrons. The van der Waals surface area contributed by atoms with Crippen molar-refractivity contribution in [2.24, 2.45) is 0 Å². The Balaban J connectivity index is 2.20. The number of rotatable bonds is 4. The van der Waals surface area contributed by atoms with Crippen molar-refractivity contribution in [2.45, 2.75) is 6.61 Å². The summed E-state index contributed by atoms with van der Waals surface area (Å²) in [5.74, 6) is -1.17. The first-order chi connectivity index (χ1) is 9.47. The molecule has 7 heteroatoms. The molecular weight excluding hydrogens is 336 g/mol. The van der Waals surface area contributed by atoms with Gasteiger partial charge in [0.1, 0.15) is 18.2 Å². The van der Waals surface area contributed by atoms with Crippen LogP contribution in [0.2, 0.25) is 0 Å². The smallest absolute Gasteiger partial charge is 0.313 e. The number of halogens is 3. The molecule has 0 aliphatic carbocycles. The van der Waals surface area contributed by atoms with Crippen molar-refractivity contribution in [2.75, 3.05) is 0 Å². The van der Waals surface area contributed by atoms with Crippen molar-refractivity contribution in [3.63, 3.8) is 0 Å². The van der Waals surface area contributed by atoms with E-state index < -0.39 is 22.2 Å². The van der Waals surface area contributed by atoms with Gasteiger partial charge in [0.2, 0.25) is 0 Å². The largest absolute Gasteiger partial charge is 0.482 e. The lowest BCUT2D eigenvalue weighted by molar-refractivity contribution is -0.386. The van der Waals surface area contributed by atoms with Crippen molar-refractivity contribution in [1.82, 2.24) is 0 Å². The first-order valence-electron chi connectivity index (χ1n) is 5.48. The Labute approximate surface area is 121 Å². The highest BCUT2D eigenvalue weighted by molar-refractivity contribution is 9.10. The zero-order chi connectivity index (χ0) is 14.7. The maximum atomic E-state index is 13.0. The predicted octanol–water partition coefficient (Wildman–Crippen LogP) is 4.21. The molecule has 0 fully saturated rings. The Morgan fingerprint density at radius 2 is 1.80 bits per heavy atom. The van der Waals surface area contributed by atoms with Crippen LogP contribution in [0.25, 0.3) is 0 Å². The second-order valence-corrected chi connectivity index (χ2v) is 4.75. The van der Waals surface area contributed by atoms with E-state index in [0.29, 0.717) is 10.0 Å². The van der Waals surface area contributed by atoms with Crippen LogP contribution in [0.15, 0.2) is 40.9 Å². The quantitative estimate of drug-likeness (QED) is 0.617. The van der Waals surface area contributed by atoms with Gasteiger partial charge in [-0.25, -0.2) is 8.78 Å². The molecule has 4 nitrogen and oxygen atoms in total. The maximum absolute atomic E-state index is 13.0. The number of nitro groups is 1. The Hall–Kier alpha value is -2.02. The first kappa shape index (κ1) is 14.4. The van der Waals surface area contributed by atoms with E-state index in [1.165, 1.54) is 24.3 Å². The van der Waals surface area contributed by atoms with Gasteiger partial charge in [0, 0.05) is 10.0 Å². The van der Waals surface area contributed by atoms with Crippen molar-refractivity contribution in [3.05, 3.63) is 68.2 Å². The number of ether oxygens (including phenoxy) is 1. The number of benzene rings is 2. The van der Waals surface area contributed by atoms with Gasteiger partial charge in [0.05, 0.1) is 11.0 Å². The normalized spacial score (nSPS) is 10.3. The molecule has 2 aromatic rings. The molecule has 0 unspecified atom stereocenters. The summed E-state index contributed by atoms with van der Waals surface area (Å²) in [6.07, 6.45) is 0. The lowest BCUT2D eigenvalue weighted by atomic mass is 10.2. The van der Waals surface area contributed by atoms with E-state index in [-0.39, 0.29) is 12.4 Å². The van der Waals surface area contributed by atoms with Gasteiger partial charge in [-0.05, 0) is 24.3 Å². The Morgan fingerprint density at radius 1 is 1.15 bits per heavy atom. The van der Waals surface area contributed by atoms with Crippen LogP contribution in [0.3, 0.4) is 0 Å². The van der Waals surface area contributed by atoms with Crippen LogP contribution < -0.4 is 4.74 Å². The zero-order valence-electron chi connectivity index (χ0n) is 9.98. The van der Waals surface area contributed by atoms with Crippen LogP contribution in [0.1, 0.15) is 5.56 Å². The zero-order valence-corrected chi connectivity index (χ0v) is 11.6. The van der Waals surface area contributed by atoms with Gasteiger partial charge in [0.25, 0.3) is 0 Å². The summed E-state index contributed by atoms with van der Waals surface area (Å²) < 4.78 is 31.7. The Morgan fingerprint density at radius 3 is 2.45 bits per heavy atom. The van der Waals surface area contributed by atoms with Crippen molar-refractivity contribution >= 4 is 21.6 Å². The van der Waals surface area contributed by atoms with E-state index in [1.54, 1.807) is 0 Å². The molecule has 0 bridgehead atoms. The minimum absolute atomic E-state index is 0.00661. The molecule has 0 amide bonds. The monoisotopic (exact) mass is 343 g/mol. The molecular formula is C13H8BrF2NO3. The van der Waals surface area contributed by atoms with E-state index in [4.69, 9.17) is 4.74 Å². The molecule has 0 atom stereocenters. The van der Waals surface area contributed by atoms with E-state index in [0.717, 1.165) is 12.1 Å². The van der Waals surface area contributed by atoms with Crippen molar-refractivity contribution in [3.8, 4) is 5.75 Å². The van der Waals surface area contributed by atoms with Gasteiger partial charge >= 0.3 is 5.69 Å². The van der Waals surface area contributed by atoms with Gasteiger partial charge < -0.3 is 4.74 Å². The number of nitro benzene ring substituents is 1. The van der Waals surface area contributed by atoms with Gasteiger partial charge in [-0.15, -0.1) is 0 Å². The van der Waals surface area contributed by atoms with Gasteiger partial charge in [-0.3, -0.25) is 10.1 Å². The molecule has 0 heterocycles. The highest BCUT2D eigenvalue weighted by Crippen LogP contribution is 2.29. The third kappa shape index (κ3) is 3.30. The van der Waals surface area contributed by atoms with Gasteiger partial charge in [-0.2, -0.15) is 0 Å². The maximum Gasteiger partial charge on any atom is 0.313 e. The number of nitrogens with zero attached hydrogens (tertiary/aromatic N) is 1. The SMILES string of the molecule is O=[N+]([O-])c1cc(F)ccc1OCc1ccc(F)cc1Br. The lowest BCUT2D eigenvalue weighted by Crippen LogP contribution is -2.00. The fourth-order valence-electron chi connectivity index (χ4n) is 1.55. The second-order valence-electron chi connectivity index (χ2n) is 3.89. The number of hydrogen-bond donors (Lipinski definition) is 0. The lowest BCUT2D eigenvalue weighted by Gasteiger charge is -2.08. The summed E-state index contributed by atoms with van der Waals surface area (Å²) in [6, 6.07) is 7.05. The molecule has 20 heavy (non-hydrogen) atoms. The van der Waals surface area contributed by atoms with E-state index in [2.05, 4.69) is 15.9 Å². The summed E-state index contributed by atoms with van der Waals surface area (Å²) in [7, 11) is 0. The predicted molar refractivity (Wildman–Crippen MR) is 71.5 cm³/mol.